The molecule has 34 heavy (non-hydrogen) atoms. The molecule has 0 aliphatic carbocycles. The molecule has 8 nitrogen and oxygen atoms in total. The fourth-order valence-electron chi connectivity index (χ4n) is 4.36. The number of morpholine rings is 1. The van der Waals surface area contributed by atoms with Gasteiger partial charge in [-0.25, -0.2) is 19.6 Å². The first kappa shape index (κ1) is 20.6. The molecule has 1 aliphatic heterocycles. The fraction of sp³-hybridized carbons (Fsp3) is 0.231. The van der Waals surface area contributed by atoms with E-state index in [4.69, 9.17) is 14.8 Å². The van der Waals surface area contributed by atoms with Crippen LogP contribution in [0, 0.1) is 6.92 Å². The summed E-state index contributed by atoms with van der Waals surface area (Å²) in [7, 11) is 0. The smallest absolute Gasteiger partial charge is 0.165 e. The summed E-state index contributed by atoms with van der Waals surface area (Å²) < 4.78 is 9.58. The lowest BCUT2D eigenvalue weighted by Crippen LogP contribution is -2.36. The third-order valence-corrected chi connectivity index (χ3v) is 6.16. The molecule has 0 unspecified atom stereocenters. The molecule has 0 spiro atoms. The standard InChI is InChI=1S/C26H25N7O/c1-19-7-9-21(10-8-19)33-22(15-23(30-33)20-5-3-2-4-6-20)16-32-18-29-24-25(27-17-28-26(24)32)31-11-13-34-14-12-31/h2-10,15,17-18H,11-14,16H2,1H3. The second-order valence-corrected chi connectivity index (χ2v) is 8.48. The molecule has 1 saturated heterocycles. The molecule has 5 aromatic rings. The molecule has 0 radical (unpaired) electrons. The van der Waals surface area contributed by atoms with Gasteiger partial charge < -0.3 is 14.2 Å². The molecule has 0 amide bonds. The fourth-order valence-corrected chi connectivity index (χ4v) is 4.36. The summed E-state index contributed by atoms with van der Waals surface area (Å²) in [5, 5.41) is 4.96. The van der Waals surface area contributed by atoms with Crippen molar-refractivity contribution in [2.75, 3.05) is 31.2 Å². The van der Waals surface area contributed by atoms with Gasteiger partial charge in [-0.2, -0.15) is 5.10 Å². The quantitative estimate of drug-likeness (QED) is 0.404. The summed E-state index contributed by atoms with van der Waals surface area (Å²) in [6.45, 7) is 5.68. The van der Waals surface area contributed by atoms with E-state index in [9.17, 15) is 0 Å². The van der Waals surface area contributed by atoms with Crippen molar-refractivity contribution in [1.29, 1.82) is 0 Å². The van der Waals surface area contributed by atoms with Gasteiger partial charge in [-0.05, 0) is 25.1 Å². The van der Waals surface area contributed by atoms with Gasteiger partial charge in [0, 0.05) is 18.7 Å². The molecule has 1 aliphatic rings. The predicted octanol–water partition coefficient (Wildman–Crippen LogP) is 3.87. The Hall–Kier alpha value is -4.04. The Morgan fingerprint density at radius 2 is 1.71 bits per heavy atom. The maximum atomic E-state index is 5.50. The molecule has 0 saturated carbocycles. The van der Waals surface area contributed by atoms with Crippen molar-refractivity contribution in [3.05, 3.63) is 84.6 Å². The molecule has 0 bridgehead atoms. The van der Waals surface area contributed by atoms with Crippen molar-refractivity contribution in [2.45, 2.75) is 13.5 Å². The van der Waals surface area contributed by atoms with E-state index in [2.05, 4.69) is 68.8 Å². The molecule has 4 heterocycles. The Labute approximate surface area is 197 Å². The van der Waals surface area contributed by atoms with Gasteiger partial charge in [0.25, 0.3) is 0 Å². The van der Waals surface area contributed by atoms with Crippen LogP contribution in [0.1, 0.15) is 11.3 Å². The molecule has 1 fully saturated rings. The summed E-state index contributed by atoms with van der Waals surface area (Å²) in [6, 6.07) is 20.8. The zero-order chi connectivity index (χ0) is 22.9. The van der Waals surface area contributed by atoms with Gasteiger partial charge in [-0.1, -0.05) is 48.0 Å². The van der Waals surface area contributed by atoms with Crippen LogP contribution in [-0.2, 0) is 11.3 Å². The minimum atomic E-state index is 0.587. The van der Waals surface area contributed by atoms with Crippen LogP contribution in [0.15, 0.2) is 73.3 Å². The van der Waals surface area contributed by atoms with Crippen molar-refractivity contribution in [2.24, 2.45) is 0 Å². The largest absolute Gasteiger partial charge is 0.378 e. The number of aromatic nitrogens is 6. The number of hydrogen-bond donors (Lipinski definition) is 0. The normalized spacial score (nSPS) is 14.1. The monoisotopic (exact) mass is 451 g/mol. The summed E-state index contributed by atoms with van der Waals surface area (Å²) in [5.41, 5.74) is 6.94. The first-order chi connectivity index (χ1) is 16.8. The van der Waals surface area contributed by atoms with E-state index < -0.39 is 0 Å². The lowest BCUT2D eigenvalue weighted by atomic mass is 10.1. The van der Waals surface area contributed by atoms with E-state index in [0.29, 0.717) is 19.8 Å². The predicted molar refractivity (Wildman–Crippen MR) is 131 cm³/mol. The van der Waals surface area contributed by atoms with E-state index in [-0.39, 0.29) is 0 Å². The first-order valence-electron chi connectivity index (χ1n) is 11.5. The topological polar surface area (TPSA) is 73.9 Å². The molecule has 0 atom stereocenters. The number of imidazole rings is 1. The van der Waals surface area contributed by atoms with E-state index in [1.807, 2.05) is 29.2 Å². The molecule has 0 N–H and O–H groups in total. The molecule has 170 valence electrons. The number of aryl methyl sites for hydroxylation is 1. The second-order valence-electron chi connectivity index (χ2n) is 8.48. The van der Waals surface area contributed by atoms with Crippen LogP contribution in [0.5, 0.6) is 0 Å². The maximum absolute atomic E-state index is 5.50. The number of benzene rings is 2. The Morgan fingerprint density at radius 1 is 0.912 bits per heavy atom. The lowest BCUT2D eigenvalue weighted by molar-refractivity contribution is 0.122. The van der Waals surface area contributed by atoms with Gasteiger partial charge >= 0.3 is 0 Å². The van der Waals surface area contributed by atoms with Crippen molar-refractivity contribution < 1.29 is 4.74 Å². The Bertz CT molecular complexity index is 1420. The van der Waals surface area contributed by atoms with Crippen molar-refractivity contribution in [3.8, 4) is 16.9 Å². The minimum Gasteiger partial charge on any atom is -0.378 e. The van der Waals surface area contributed by atoms with Crippen LogP contribution in [0.25, 0.3) is 28.1 Å². The highest BCUT2D eigenvalue weighted by Crippen LogP contribution is 2.26. The van der Waals surface area contributed by atoms with Crippen molar-refractivity contribution in [3.63, 3.8) is 0 Å². The van der Waals surface area contributed by atoms with Gasteiger partial charge in [-0.3, -0.25) is 0 Å². The van der Waals surface area contributed by atoms with E-state index >= 15 is 0 Å². The number of anilines is 1. The summed E-state index contributed by atoms with van der Waals surface area (Å²) >= 11 is 0. The number of nitrogens with zero attached hydrogens (tertiary/aromatic N) is 7. The Balaban J connectivity index is 1.41. The Kier molecular flexibility index (Phi) is 5.27. The van der Waals surface area contributed by atoms with Crippen LogP contribution >= 0.6 is 0 Å². The van der Waals surface area contributed by atoms with Gasteiger partial charge in [0.1, 0.15) is 6.33 Å². The van der Waals surface area contributed by atoms with E-state index in [0.717, 1.165) is 52.7 Å². The van der Waals surface area contributed by atoms with Crippen LogP contribution in [0.4, 0.5) is 5.82 Å². The first-order valence-corrected chi connectivity index (χ1v) is 11.5. The van der Waals surface area contributed by atoms with Crippen LogP contribution in [0.3, 0.4) is 0 Å². The molecule has 2 aromatic carbocycles. The third kappa shape index (κ3) is 3.82. The third-order valence-electron chi connectivity index (χ3n) is 6.16. The highest BCUT2D eigenvalue weighted by atomic mass is 16.5. The summed E-state index contributed by atoms with van der Waals surface area (Å²) in [6.07, 6.45) is 3.47. The van der Waals surface area contributed by atoms with Crippen LogP contribution < -0.4 is 4.90 Å². The van der Waals surface area contributed by atoms with Crippen molar-refractivity contribution in [1.82, 2.24) is 29.3 Å². The number of rotatable bonds is 5. The SMILES string of the molecule is Cc1ccc(-n2nc(-c3ccccc3)cc2Cn2cnc3c(N4CCOCC4)ncnc32)cc1. The van der Waals surface area contributed by atoms with E-state index in [1.165, 1.54) is 5.56 Å². The average Bonchev–Trinajstić information content (AvgIpc) is 3.50. The van der Waals surface area contributed by atoms with Gasteiger partial charge in [-0.15, -0.1) is 0 Å². The molecule has 3 aromatic heterocycles. The molecule has 8 heteroatoms. The lowest BCUT2D eigenvalue weighted by Gasteiger charge is -2.27. The highest BCUT2D eigenvalue weighted by molar-refractivity contribution is 5.83. The molecule has 6 rings (SSSR count). The van der Waals surface area contributed by atoms with E-state index in [1.54, 1.807) is 6.33 Å². The van der Waals surface area contributed by atoms with Crippen LogP contribution in [-0.4, -0.2) is 55.6 Å². The number of ether oxygens (including phenoxy) is 1. The van der Waals surface area contributed by atoms with Crippen LogP contribution in [0.2, 0.25) is 0 Å². The van der Waals surface area contributed by atoms with Crippen molar-refractivity contribution >= 4 is 17.0 Å². The Morgan fingerprint density at radius 3 is 2.50 bits per heavy atom. The maximum Gasteiger partial charge on any atom is 0.165 e. The molecular formula is C26H25N7O. The summed E-state index contributed by atoms with van der Waals surface area (Å²) in [5.74, 6) is 0.865. The zero-order valence-electron chi connectivity index (χ0n) is 19.0. The summed E-state index contributed by atoms with van der Waals surface area (Å²) in [4.78, 5) is 16.0. The molecular weight excluding hydrogens is 426 g/mol. The van der Waals surface area contributed by atoms with Gasteiger partial charge in [0.05, 0.1) is 43.2 Å². The minimum absolute atomic E-state index is 0.587. The number of fused-ring (bicyclic) bond motifs is 1. The zero-order valence-corrected chi connectivity index (χ0v) is 19.0. The van der Waals surface area contributed by atoms with Gasteiger partial charge in [0.2, 0.25) is 0 Å². The van der Waals surface area contributed by atoms with Gasteiger partial charge in [0.15, 0.2) is 17.0 Å². The second kappa shape index (κ2) is 8.72. The number of hydrogen-bond acceptors (Lipinski definition) is 6. The average molecular weight is 452 g/mol. The highest BCUT2D eigenvalue weighted by Gasteiger charge is 2.19.